The lowest BCUT2D eigenvalue weighted by Gasteiger charge is -2.15. The summed E-state index contributed by atoms with van der Waals surface area (Å²) >= 11 is 0. The minimum atomic E-state index is -0.553. The smallest absolute Gasteiger partial charge is 0.293 e. The maximum Gasteiger partial charge on any atom is 0.293 e. The Kier molecular flexibility index (Phi) is 3.02. The van der Waals surface area contributed by atoms with E-state index in [1.807, 2.05) is 12.1 Å². The highest BCUT2D eigenvalue weighted by Crippen LogP contribution is 2.28. The molecule has 0 aliphatic heterocycles. The van der Waals surface area contributed by atoms with E-state index < -0.39 is 6.10 Å². The predicted molar refractivity (Wildman–Crippen MR) is 55.4 cm³/mol. The SMILES string of the molecule is O=COCC(O)C1Cc2ccccc2C1. The van der Waals surface area contributed by atoms with Crippen molar-refractivity contribution in [3.63, 3.8) is 0 Å². The van der Waals surface area contributed by atoms with E-state index in [2.05, 4.69) is 16.9 Å². The van der Waals surface area contributed by atoms with E-state index in [-0.39, 0.29) is 12.5 Å². The summed E-state index contributed by atoms with van der Waals surface area (Å²) in [5.74, 6) is 0.183. The quantitative estimate of drug-likeness (QED) is 0.746. The number of hydrogen-bond acceptors (Lipinski definition) is 3. The molecule has 0 radical (unpaired) electrons. The standard InChI is InChI=1S/C12H14O3/c13-8-15-7-12(14)11-5-9-3-1-2-4-10(9)6-11/h1-4,8,11-12,14H,5-7H2. The number of hydrogen-bond donors (Lipinski definition) is 1. The fourth-order valence-corrected chi connectivity index (χ4v) is 2.14. The summed E-state index contributed by atoms with van der Waals surface area (Å²) in [5, 5.41) is 9.77. The molecule has 0 bridgehead atoms. The molecular formula is C12H14O3. The first-order valence-corrected chi connectivity index (χ1v) is 5.11. The van der Waals surface area contributed by atoms with Gasteiger partial charge in [0, 0.05) is 0 Å². The number of carbonyl (C=O) groups excluding carboxylic acids is 1. The average Bonchev–Trinajstić information content (AvgIpc) is 2.69. The van der Waals surface area contributed by atoms with Crippen LogP contribution in [-0.4, -0.2) is 24.3 Å². The molecule has 0 saturated heterocycles. The van der Waals surface area contributed by atoms with Crippen LogP contribution in [0, 0.1) is 5.92 Å². The highest BCUT2D eigenvalue weighted by Gasteiger charge is 2.27. The molecule has 1 N–H and O–H groups in total. The number of rotatable bonds is 4. The van der Waals surface area contributed by atoms with Gasteiger partial charge in [-0.1, -0.05) is 24.3 Å². The minimum Gasteiger partial charge on any atom is -0.465 e. The third-order valence-corrected chi connectivity index (χ3v) is 2.96. The fourth-order valence-electron chi connectivity index (χ4n) is 2.14. The summed E-state index contributed by atoms with van der Waals surface area (Å²) in [6, 6.07) is 8.19. The van der Waals surface area contributed by atoms with Gasteiger partial charge in [0.2, 0.25) is 0 Å². The summed E-state index contributed by atoms with van der Waals surface area (Å²) < 4.78 is 4.58. The molecule has 0 heterocycles. The van der Waals surface area contributed by atoms with Gasteiger partial charge in [-0.25, -0.2) is 0 Å². The van der Waals surface area contributed by atoms with Crippen LogP contribution in [0.5, 0.6) is 0 Å². The van der Waals surface area contributed by atoms with Gasteiger partial charge < -0.3 is 9.84 Å². The Morgan fingerprint density at radius 2 is 2.00 bits per heavy atom. The van der Waals surface area contributed by atoms with Crippen LogP contribution < -0.4 is 0 Å². The average molecular weight is 206 g/mol. The lowest BCUT2D eigenvalue weighted by molar-refractivity contribution is -0.132. The molecule has 1 unspecified atom stereocenters. The van der Waals surface area contributed by atoms with E-state index in [0.29, 0.717) is 6.47 Å². The largest absolute Gasteiger partial charge is 0.465 e. The lowest BCUT2D eigenvalue weighted by Crippen LogP contribution is -2.26. The molecule has 3 nitrogen and oxygen atoms in total. The number of aliphatic hydroxyl groups excluding tert-OH is 1. The van der Waals surface area contributed by atoms with Crippen LogP contribution in [0.3, 0.4) is 0 Å². The Labute approximate surface area is 88.7 Å². The second kappa shape index (κ2) is 4.45. The molecule has 0 spiro atoms. The molecule has 1 atom stereocenters. The maximum absolute atomic E-state index is 10.0. The van der Waals surface area contributed by atoms with Gasteiger partial charge in [-0.3, -0.25) is 4.79 Å². The van der Waals surface area contributed by atoms with Gasteiger partial charge in [0.15, 0.2) is 0 Å². The Morgan fingerprint density at radius 3 is 2.53 bits per heavy atom. The van der Waals surface area contributed by atoms with E-state index in [9.17, 15) is 9.90 Å². The van der Waals surface area contributed by atoms with Crippen molar-refractivity contribution >= 4 is 6.47 Å². The van der Waals surface area contributed by atoms with E-state index in [1.54, 1.807) is 0 Å². The number of aliphatic hydroxyl groups is 1. The molecule has 0 saturated carbocycles. The second-order valence-corrected chi connectivity index (χ2v) is 3.93. The third-order valence-electron chi connectivity index (χ3n) is 2.96. The van der Waals surface area contributed by atoms with E-state index in [0.717, 1.165) is 12.8 Å². The molecule has 1 aromatic carbocycles. The Morgan fingerprint density at radius 1 is 1.40 bits per heavy atom. The van der Waals surface area contributed by atoms with Crippen LogP contribution in [0.4, 0.5) is 0 Å². The Hall–Kier alpha value is -1.35. The Bertz CT molecular complexity index is 323. The van der Waals surface area contributed by atoms with Gasteiger partial charge in [0.05, 0.1) is 6.10 Å². The van der Waals surface area contributed by atoms with Gasteiger partial charge in [0.1, 0.15) is 6.61 Å². The topological polar surface area (TPSA) is 46.5 Å². The normalized spacial score (nSPS) is 17.1. The molecule has 0 amide bonds. The summed E-state index contributed by atoms with van der Waals surface area (Å²) in [5.41, 5.74) is 2.60. The molecule has 80 valence electrons. The number of benzene rings is 1. The molecule has 15 heavy (non-hydrogen) atoms. The third kappa shape index (κ3) is 2.18. The van der Waals surface area contributed by atoms with Crippen LogP contribution in [0.1, 0.15) is 11.1 Å². The fraction of sp³-hybridized carbons (Fsp3) is 0.417. The van der Waals surface area contributed by atoms with Crippen molar-refractivity contribution in [1.29, 1.82) is 0 Å². The predicted octanol–water partition coefficient (Wildman–Crippen LogP) is 0.935. The zero-order chi connectivity index (χ0) is 10.7. The highest BCUT2D eigenvalue weighted by molar-refractivity contribution is 5.37. The van der Waals surface area contributed by atoms with Gasteiger partial charge in [-0.05, 0) is 29.9 Å². The Balaban J connectivity index is 1.97. The van der Waals surface area contributed by atoms with Crippen molar-refractivity contribution in [2.75, 3.05) is 6.61 Å². The molecule has 2 rings (SSSR count). The molecular weight excluding hydrogens is 192 g/mol. The van der Waals surface area contributed by atoms with Gasteiger partial charge in [-0.2, -0.15) is 0 Å². The lowest BCUT2D eigenvalue weighted by atomic mass is 10.00. The van der Waals surface area contributed by atoms with Crippen LogP contribution in [0.15, 0.2) is 24.3 Å². The van der Waals surface area contributed by atoms with E-state index >= 15 is 0 Å². The minimum absolute atomic E-state index is 0.0994. The van der Waals surface area contributed by atoms with Gasteiger partial charge >= 0.3 is 0 Å². The van der Waals surface area contributed by atoms with Crippen molar-refractivity contribution in [2.45, 2.75) is 18.9 Å². The first kappa shape index (κ1) is 10.2. The van der Waals surface area contributed by atoms with Gasteiger partial charge in [0.25, 0.3) is 6.47 Å². The van der Waals surface area contributed by atoms with Crippen LogP contribution >= 0.6 is 0 Å². The first-order valence-electron chi connectivity index (χ1n) is 5.11. The number of carbonyl (C=O) groups is 1. The summed E-state index contributed by atoms with van der Waals surface area (Å²) in [4.78, 5) is 10.0. The van der Waals surface area contributed by atoms with Crippen LogP contribution in [0.2, 0.25) is 0 Å². The summed E-state index contributed by atoms with van der Waals surface area (Å²) in [7, 11) is 0. The van der Waals surface area contributed by atoms with Crippen molar-refractivity contribution in [2.24, 2.45) is 5.92 Å². The molecule has 1 aliphatic rings. The van der Waals surface area contributed by atoms with Gasteiger partial charge in [-0.15, -0.1) is 0 Å². The van der Waals surface area contributed by atoms with Crippen molar-refractivity contribution < 1.29 is 14.6 Å². The molecule has 0 aromatic heterocycles. The summed E-state index contributed by atoms with van der Waals surface area (Å²) in [6.07, 6.45) is 1.20. The number of ether oxygens (including phenoxy) is 1. The molecule has 1 aromatic rings. The monoisotopic (exact) mass is 206 g/mol. The zero-order valence-corrected chi connectivity index (χ0v) is 8.43. The molecule has 1 aliphatic carbocycles. The molecule has 0 fully saturated rings. The second-order valence-electron chi connectivity index (χ2n) is 3.93. The van der Waals surface area contributed by atoms with Crippen LogP contribution in [0.25, 0.3) is 0 Å². The maximum atomic E-state index is 10.0. The first-order chi connectivity index (χ1) is 7.31. The van der Waals surface area contributed by atoms with E-state index in [1.165, 1.54) is 11.1 Å². The molecule has 3 heteroatoms. The van der Waals surface area contributed by atoms with Crippen LogP contribution in [-0.2, 0) is 22.4 Å². The summed E-state index contributed by atoms with van der Waals surface area (Å²) in [6.45, 7) is 0.480. The van der Waals surface area contributed by atoms with Crippen molar-refractivity contribution in [3.8, 4) is 0 Å². The highest BCUT2D eigenvalue weighted by atomic mass is 16.5. The number of fused-ring (bicyclic) bond motifs is 1. The zero-order valence-electron chi connectivity index (χ0n) is 8.43. The van der Waals surface area contributed by atoms with Crippen molar-refractivity contribution in [1.82, 2.24) is 0 Å². The van der Waals surface area contributed by atoms with E-state index in [4.69, 9.17) is 0 Å². The van der Waals surface area contributed by atoms with Crippen molar-refractivity contribution in [3.05, 3.63) is 35.4 Å².